The van der Waals surface area contributed by atoms with Gasteiger partial charge in [-0.1, -0.05) is 33.6 Å². The number of rotatable bonds is 6. The van der Waals surface area contributed by atoms with Gasteiger partial charge in [0.1, 0.15) is 11.2 Å². The van der Waals surface area contributed by atoms with E-state index in [1.807, 2.05) is 6.92 Å². The van der Waals surface area contributed by atoms with Crippen molar-refractivity contribution in [2.75, 3.05) is 7.11 Å². The van der Waals surface area contributed by atoms with Crippen LogP contribution >= 0.6 is 0 Å². The molecule has 202 valence electrons. The highest BCUT2D eigenvalue weighted by molar-refractivity contribution is 6.01. The maximum atomic E-state index is 12.5. The summed E-state index contributed by atoms with van der Waals surface area (Å²) < 4.78 is 15.5. The first-order valence-electron chi connectivity index (χ1n) is 12.4. The van der Waals surface area contributed by atoms with E-state index in [1.54, 1.807) is 41.5 Å². The number of amides is 2. The highest BCUT2D eigenvalue weighted by Crippen LogP contribution is 2.43. The summed E-state index contributed by atoms with van der Waals surface area (Å²) in [7, 11) is 1.28. The summed E-state index contributed by atoms with van der Waals surface area (Å²) in [5.74, 6) is -1.52. The number of hydrogen-bond donors (Lipinski definition) is 3. The predicted octanol–water partition coefficient (Wildman–Crippen LogP) is 4.00. The van der Waals surface area contributed by atoms with Gasteiger partial charge in [-0.15, -0.1) is 0 Å². The third-order valence-electron chi connectivity index (χ3n) is 6.18. The fourth-order valence-electron chi connectivity index (χ4n) is 4.65. The standard InChI is InChI=1S/C25H45N3O7/c1-11-15(12-2)14(3)18-17(13-16(19(18)29)20(30)33-10)26-21(27-22(31)34-24(4,5)6)28-23(32)35-25(7,8)9/h14-19,29H,11-13H2,1-10H3,(H2,26,27,28,31,32)/t14-,16-,17+,18-,19+/m0/s1. The number of nitrogens with zero attached hydrogens (tertiary/aromatic N) is 1. The Morgan fingerprint density at radius 1 is 0.971 bits per heavy atom. The first-order chi connectivity index (χ1) is 16.0. The number of hydrogen-bond acceptors (Lipinski definition) is 8. The molecule has 0 aliphatic heterocycles. The minimum absolute atomic E-state index is 0.0210. The van der Waals surface area contributed by atoms with Crippen molar-refractivity contribution in [2.45, 2.75) is 105 Å². The molecule has 1 saturated carbocycles. The van der Waals surface area contributed by atoms with E-state index in [-0.39, 0.29) is 24.2 Å². The molecular weight excluding hydrogens is 454 g/mol. The maximum Gasteiger partial charge on any atom is 0.414 e. The number of methoxy groups -OCH3 is 1. The Morgan fingerprint density at radius 3 is 1.80 bits per heavy atom. The first kappa shape index (κ1) is 30.7. The Hall–Kier alpha value is -2.36. The number of carbonyl (C=O) groups excluding carboxylic acids is 3. The van der Waals surface area contributed by atoms with Crippen LogP contribution < -0.4 is 10.6 Å². The molecule has 0 bridgehead atoms. The minimum atomic E-state index is -0.976. The zero-order valence-corrected chi connectivity index (χ0v) is 22.9. The molecule has 0 aromatic carbocycles. The van der Waals surface area contributed by atoms with Gasteiger partial charge < -0.3 is 19.3 Å². The number of ether oxygens (including phenoxy) is 3. The number of esters is 1. The summed E-state index contributed by atoms with van der Waals surface area (Å²) in [6.07, 6.45) is -0.576. The van der Waals surface area contributed by atoms with Gasteiger partial charge in [0.15, 0.2) is 0 Å². The van der Waals surface area contributed by atoms with Crippen LogP contribution in [0.2, 0.25) is 0 Å². The van der Waals surface area contributed by atoms with Crippen molar-refractivity contribution in [3.63, 3.8) is 0 Å². The quantitative estimate of drug-likeness (QED) is 0.217. The Balaban J connectivity index is 3.38. The van der Waals surface area contributed by atoms with Crippen LogP contribution in [0, 0.1) is 23.7 Å². The third-order valence-corrected chi connectivity index (χ3v) is 6.18. The second kappa shape index (κ2) is 12.6. The van der Waals surface area contributed by atoms with E-state index in [9.17, 15) is 19.5 Å². The zero-order chi connectivity index (χ0) is 27.1. The average Bonchev–Trinajstić information content (AvgIpc) is 3.00. The van der Waals surface area contributed by atoms with Crippen molar-refractivity contribution in [3.05, 3.63) is 0 Å². The molecule has 5 atom stereocenters. The molecule has 3 N–H and O–H groups in total. The summed E-state index contributed by atoms with van der Waals surface area (Å²) >= 11 is 0. The lowest BCUT2D eigenvalue weighted by Gasteiger charge is -2.32. The number of aliphatic hydroxyl groups is 1. The number of alkyl carbamates (subject to hydrolysis) is 2. The molecule has 1 fully saturated rings. The van der Waals surface area contributed by atoms with E-state index < -0.39 is 47.4 Å². The van der Waals surface area contributed by atoms with Crippen molar-refractivity contribution in [3.8, 4) is 0 Å². The van der Waals surface area contributed by atoms with Gasteiger partial charge in [0.05, 0.1) is 25.2 Å². The van der Waals surface area contributed by atoms with Gasteiger partial charge in [-0.25, -0.2) is 14.6 Å². The summed E-state index contributed by atoms with van der Waals surface area (Å²) in [6.45, 7) is 16.5. The Labute approximate surface area is 209 Å². The molecule has 10 nitrogen and oxygen atoms in total. The first-order valence-corrected chi connectivity index (χ1v) is 12.4. The Kier molecular flexibility index (Phi) is 11.0. The molecular formula is C25H45N3O7. The van der Waals surface area contributed by atoms with Crippen LogP contribution in [-0.2, 0) is 19.0 Å². The molecule has 35 heavy (non-hydrogen) atoms. The molecule has 1 rings (SSSR count). The number of guanidine groups is 1. The summed E-state index contributed by atoms with van der Waals surface area (Å²) in [6, 6.07) is -0.565. The molecule has 10 heteroatoms. The normalized spacial score (nSPS) is 23.3. The molecule has 2 amide bonds. The van der Waals surface area contributed by atoms with E-state index in [1.165, 1.54) is 7.11 Å². The number of nitrogens with one attached hydrogen (secondary N) is 2. The Morgan fingerprint density at radius 2 is 1.43 bits per heavy atom. The highest BCUT2D eigenvalue weighted by Gasteiger charge is 2.49. The van der Waals surface area contributed by atoms with E-state index in [0.717, 1.165) is 12.8 Å². The third kappa shape index (κ3) is 9.66. The summed E-state index contributed by atoms with van der Waals surface area (Å²) in [4.78, 5) is 42.0. The fraction of sp³-hybridized carbons (Fsp3) is 0.840. The predicted molar refractivity (Wildman–Crippen MR) is 133 cm³/mol. The topological polar surface area (TPSA) is 136 Å². The molecule has 0 radical (unpaired) electrons. The molecule has 1 aliphatic carbocycles. The van der Waals surface area contributed by atoms with Crippen molar-refractivity contribution in [1.29, 1.82) is 0 Å². The lowest BCUT2D eigenvalue weighted by atomic mass is 9.76. The van der Waals surface area contributed by atoms with E-state index in [0.29, 0.717) is 5.92 Å². The molecule has 0 spiro atoms. The molecule has 1 aliphatic rings. The summed E-state index contributed by atoms with van der Waals surface area (Å²) in [5.41, 5.74) is -1.54. The highest BCUT2D eigenvalue weighted by atomic mass is 16.6. The fourth-order valence-corrected chi connectivity index (χ4v) is 4.65. The van der Waals surface area contributed by atoms with E-state index in [4.69, 9.17) is 14.2 Å². The average molecular weight is 500 g/mol. The Bertz CT molecular complexity index is 734. The van der Waals surface area contributed by atoms with Gasteiger partial charge in [-0.3, -0.25) is 15.4 Å². The van der Waals surface area contributed by atoms with Crippen LogP contribution in [0.1, 0.15) is 81.6 Å². The summed E-state index contributed by atoms with van der Waals surface area (Å²) in [5, 5.41) is 16.1. The van der Waals surface area contributed by atoms with E-state index >= 15 is 0 Å². The SMILES string of the molecule is CCC(CC)[C@H](C)[C@@H]1[C@H](O)[C@@H](C(=O)OC)C[C@H]1N=C(NC(=O)OC(C)(C)C)NC(=O)OC(C)(C)C. The van der Waals surface area contributed by atoms with Gasteiger partial charge in [0, 0.05) is 5.92 Å². The van der Waals surface area contributed by atoms with Crippen LogP contribution in [0.15, 0.2) is 4.99 Å². The number of aliphatic imine (C=N–C) groups is 1. The van der Waals surface area contributed by atoms with Crippen molar-refractivity contribution in [2.24, 2.45) is 28.7 Å². The largest absolute Gasteiger partial charge is 0.469 e. The number of carbonyl (C=O) groups is 3. The van der Waals surface area contributed by atoms with Gasteiger partial charge in [-0.2, -0.15) is 0 Å². The lowest BCUT2D eigenvalue weighted by molar-refractivity contribution is -0.149. The molecule has 0 unspecified atom stereocenters. The van der Waals surface area contributed by atoms with Crippen LogP contribution in [0.25, 0.3) is 0 Å². The van der Waals surface area contributed by atoms with Crippen molar-refractivity contribution in [1.82, 2.24) is 10.6 Å². The number of aliphatic hydroxyl groups excluding tert-OH is 1. The zero-order valence-electron chi connectivity index (χ0n) is 22.9. The lowest BCUT2D eigenvalue weighted by Crippen LogP contribution is -2.48. The van der Waals surface area contributed by atoms with Gasteiger partial charge in [0.25, 0.3) is 0 Å². The van der Waals surface area contributed by atoms with Crippen molar-refractivity contribution < 1.29 is 33.7 Å². The van der Waals surface area contributed by atoms with Gasteiger partial charge in [-0.05, 0) is 59.8 Å². The van der Waals surface area contributed by atoms with Crippen LogP contribution in [0.3, 0.4) is 0 Å². The van der Waals surface area contributed by atoms with Crippen LogP contribution in [0.4, 0.5) is 9.59 Å². The smallest absolute Gasteiger partial charge is 0.414 e. The molecule has 0 aromatic rings. The molecule has 0 aromatic heterocycles. The van der Waals surface area contributed by atoms with Crippen LogP contribution in [-0.4, -0.2) is 59.7 Å². The van der Waals surface area contributed by atoms with Gasteiger partial charge >= 0.3 is 18.2 Å². The second-order valence-electron chi connectivity index (χ2n) is 11.2. The van der Waals surface area contributed by atoms with Gasteiger partial charge in [0.2, 0.25) is 5.96 Å². The minimum Gasteiger partial charge on any atom is -0.469 e. The molecule has 0 saturated heterocycles. The second-order valence-corrected chi connectivity index (χ2v) is 11.2. The van der Waals surface area contributed by atoms with E-state index in [2.05, 4.69) is 29.5 Å². The monoisotopic (exact) mass is 499 g/mol. The molecule has 0 heterocycles. The van der Waals surface area contributed by atoms with Crippen molar-refractivity contribution >= 4 is 24.1 Å². The van der Waals surface area contributed by atoms with Crippen LogP contribution in [0.5, 0.6) is 0 Å². The maximum absolute atomic E-state index is 12.5.